The average Bonchev–Trinajstić information content (AvgIpc) is 3.71. The molecule has 5 aromatic rings. The molecule has 0 spiro atoms. The van der Waals surface area contributed by atoms with Gasteiger partial charge < -0.3 is 19.9 Å². The van der Waals surface area contributed by atoms with E-state index in [4.69, 9.17) is 14.7 Å². The van der Waals surface area contributed by atoms with Gasteiger partial charge >= 0.3 is 0 Å². The summed E-state index contributed by atoms with van der Waals surface area (Å²) in [6.45, 7) is 8.48. The van der Waals surface area contributed by atoms with E-state index in [-0.39, 0.29) is 23.8 Å². The number of nitriles is 1. The van der Waals surface area contributed by atoms with Crippen LogP contribution in [-0.2, 0) is 14.3 Å². The summed E-state index contributed by atoms with van der Waals surface area (Å²) in [5.41, 5.74) is 5.77. The van der Waals surface area contributed by atoms with Crippen molar-refractivity contribution in [2.45, 2.75) is 37.6 Å². The quantitative estimate of drug-likeness (QED) is 0.208. The van der Waals surface area contributed by atoms with Crippen LogP contribution in [0.15, 0.2) is 55.0 Å². The number of piperazine rings is 1. The largest absolute Gasteiger partial charge is 0.381 e. The summed E-state index contributed by atoms with van der Waals surface area (Å²) in [6.07, 6.45) is 8.04. The van der Waals surface area contributed by atoms with Crippen molar-refractivity contribution in [2.75, 3.05) is 74.1 Å². The van der Waals surface area contributed by atoms with Crippen LogP contribution in [0.4, 0.5) is 16.6 Å². The number of hydrogen-bond acceptors (Lipinski definition) is 14. The highest BCUT2D eigenvalue weighted by atomic mass is 32.1. The zero-order valence-corrected chi connectivity index (χ0v) is 31.7. The number of rotatable bonds is 9. The SMILES string of the molecule is N#Cc1cnn2c(-c3cc(NC4CCOCC4)c(-c4nnc(N5CCN(C[C@@H]6[C@H]7CN(c8ccc([C@H]9CCC(=O)NC9=O)cn8)C[C@@H]67)CC5)s4)cn3)ccc2c1. The third kappa shape index (κ3) is 6.73. The summed E-state index contributed by atoms with van der Waals surface area (Å²) < 4.78 is 7.45. The first-order valence-electron chi connectivity index (χ1n) is 19.6. The smallest absolute Gasteiger partial charge is 0.234 e. The van der Waals surface area contributed by atoms with Crippen molar-refractivity contribution in [3.63, 3.8) is 0 Å². The van der Waals surface area contributed by atoms with Gasteiger partial charge in [-0.3, -0.25) is 24.8 Å². The number of piperidine rings is 2. The van der Waals surface area contributed by atoms with E-state index in [1.165, 1.54) is 0 Å². The van der Waals surface area contributed by atoms with Crippen molar-refractivity contribution in [3.05, 3.63) is 66.1 Å². The van der Waals surface area contributed by atoms with Gasteiger partial charge in [-0.15, -0.1) is 10.2 Å². The Morgan fingerprint density at radius 2 is 1.77 bits per heavy atom. The molecule has 2 N–H and O–H groups in total. The molecule has 5 aliphatic rings. The molecule has 4 aliphatic heterocycles. The Labute approximate surface area is 327 Å². The number of carbonyl (C=O) groups is 2. The summed E-state index contributed by atoms with van der Waals surface area (Å²) in [5, 5.41) is 31.2. The number of nitrogens with zero attached hydrogens (tertiary/aromatic N) is 10. The van der Waals surface area contributed by atoms with Crippen LogP contribution in [0.3, 0.4) is 0 Å². The fourth-order valence-corrected chi connectivity index (χ4v) is 9.90. The van der Waals surface area contributed by atoms with Gasteiger partial charge in [-0.25, -0.2) is 9.50 Å². The summed E-state index contributed by atoms with van der Waals surface area (Å²) in [5.74, 6) is 2.37. The van der Waals surface area contributed by atoms with E-state index in [1.807, 2.05) is 47.2 Å². The van der Waals surface area contributed by atoms with E-state index in [9.17, 15) is 14.9 Å². The van der Waals surface area contributed by atoms with Crippen molar-refractivity contribution >= 4 is 45.3 Å². The summed E-state index contributed by atoms with van der Waals surface area (Å²) in [4.78, 5) is 40.8. The monoisotopic (exact) mass is 770 g/mol. The number of fused-ring (bicyclic) bond motifs is 2. The maximum Gasteiger partial charge on any atom is 0.234 e. The maximum absolute atomic E-state index is 12.3. The number of hydrogen-bond donors (Lipinski definition) is 2. The van der Waals surface area contributed by atoms with Crippen LogP contribution in [0, 0.1) is 29.1 Å². The number of amides is 2. The fraction of sp³-hybridized carbons (Fsp3) is 0.450. The highest BCUT2D eigenvalue weighted by molar-refractivity contribution is 7.18. The molecule has 286 valence electrons. The van der Waals surface area contributed by atoms with Gasteiger partial charge in [0.1, 0.15) is 11.9 Å². The Morgan fingerprint density at radius 3 is 2.54 bits per heavy atom. The molecule has 56 heavy (non-hydrogen) atoms. The third-order valence-electron chi connectivity index (χ3n) is 12.2. The zero-order chi connectivity index (χ0) is 37.8. The average molecular weight is 771 g/mol. The second-order valence-electron chi connectivity index (χ2n) is 15.6. The number of carbonyl (C=O) groups excluding carboxylic acids is 2. The van der Waals surface area contributed by atoms with Crippen LogP contribution in [-0.4, -0.2) is 112 Å². The first-order valence-corrected chi connectivity index (χ1v) is 20.4. The molecular weight excluding hydrogens is 729 g/mol. The summed E-state index contributed by atoms with van der Waals surface area (Å²) >= 11 is 1.61. The predicted molar refractivity (Wildman–Crippen MR) is 210 cm³/mol. The molecular formula is C40H42N12O3S. The van der Waals surface area contributed by atoms with E-state index in [2.05, 4.69) is 52.8 Å². The second kappa shape index (κ2) is 14.5. The standard InChI is InChI=1S/C40H42N12O3S/c41-17-24-15-27-2-4-35(52(27)44-18-24)34-16-33(45-26-7-13-55-14-8-26)29(20-42-34)39-47-48-40(56-39)50-11-9-49(10-12-50)21-30-31-22-51(23-32(30)31)36-5-1-25(19-43-36)28-3-6-37(53)46-38(28)54/h1-2,4-5,15-16,18-20,26,28,30-32H,3,6-14,21-23H2,(H,42,45)(H,46,53,54)/t28-,30-,31-,32+/m1/s1. The Balaban J connectivity index is 0.760. The molecule has 1 aliphatic carbocycles. The molecule has 16 heteroatoms. The Kier molecular flexibility index (Phi) is 9.07. The van der Waals surface area contributed by atoms with Gasteiger partial charge in [0.2, 0.25) is 16.9 Å². The number of pyridine rings is 2. The number of aromatic nitrogens is 6. The van der Waals surface area contributed by atoms with Crippen LogP contribution in [0.5, 0.6) is 0 Å². The summed E-state index contributed by atoms with van der Waals surface area (Å²) in [6, 6.07) is 14.3. The molecule has 0 unspecified atom stereocenters. The van der Waals surface area contributed by atoms with Gasteiger partial charge in [-0.2, -0.15) is 10.4 Å². The third-order valence-corrected chi connectivity index (χ3v) is 13.3. The van der Waals surface area contributed by atoms with Gasteiger partial charge in [0.15, 0.2) is 5.01 Å². The molecule has 5 fully saturated rings. The van der Waals surface area contributed by atoms with Crippen molar-refractivity contribution in [1.29, 1.82) is 5.26 Å². The molecule has 0 bridgehead atoms. The molecule has 2 amide bonds. The molecule has 0 aromatic carbocycles. The lowest BCUT2D eigenvalue weighted by Crippen LogP contribution is -2.47. The van der Waals surface area contributed by atoms with E-state index in [1.54, 1.807) is 17.5 Å². The van der Waals surface area contributed by atoms with E-state index in [0.717, 1.165) is 127 Å². The Morgan fingerprint density at radius 1 is 0.929 bits per heavy atom. The second-order valence-corrected chi connectivity index (χ2v) is 16.5. The van der Waals surface area contributed by atoms with Crippen LogP contribution in [0.1, 0.15) is 42.7 Å². The van der Waals surface area contributed by atoms with Gasteiger partial charge in [0, 0.05) is 89.6 Å². The number of imide groups is 1. The topological polar surface area (TPSA) is 170 Å². The minimum atomic E-state index is -0.301. The molecule has 4 atom stereocenters. The number of ether oxygens (including phenoxy) is 1. The minimum Gasteiger partial charge on any atom is -0.381 e. The lowest BCUT2D eigenvalue weighted by atomic mass is 9.92. The molecule has 1 saturated carbocycles. The highest BCUT2D eigenvalue weighted by Gasteiger charge is 2.56. The Bertz CT molecular complexity index is 2310. The van der Waals surface area contributed by atoms with Crippen LogP contribution < -0.4 is 20.4 Å². The molecule has 0 radical (unpaired) electrons. The van der Waals surface area contributed by atoms with Crippen LogP contribution >= 0.6 is 11.3 Å². The first kappa shape index (κ1) is 35.0. The van der Waals surface area contributed by atoms with Crippen LogP contribution in [0.25, 0.3) is 27.5 Å². The van der Waals surface area contributed by atoms with E-state index >= 15 is 0 Å². The van der Waals surface area contributed by atoms with Gasteiger partial charge in [-0.05, 0) is 72.9 Å². The molecule has 9 heterocycles. The van der Waals surface area contributed by atoms with E-state index in [0.29, 0.717) is 30.2 Å². The van der Waals surface area contributed by atoms with E-state index < -0.39 is 0 Å². The predicted octanol–water partition coefficient (Wildman–Crippen LogP) is 3.80. The fourth-order valence-electron chi connectivity index (χ4n) is 8.98. The van der Waals surface area contributed by atoms with Gasteiger partial charge in [-0.1, -0.05) is 17.4 Å². The molecule has 10 rings (SSSR count). The summed E-state index contributed by atoms with van der Waals surface area (Å²) in [7, 11) is 0. The highest BCUT2D eigenvalue weighted by Crippen LogP contribution is 2.52. The van der Waals surface area contributed by atoms with Crippen molar-refractivity contribution in [2.24, 2.45) is 17.8 Å². The molecule has 15 nitrogen and oxygen atoms in total. The lowest BCUT2D eigenvalue weighted by molar-refractivity contribution is -0.134. The maximum atomic E-state index is 12.3. The van der Waals surface area contributed by atoms with Crippen LogP contribution in [0.2, 0.25) is 0 Å². The number of anilines is 3. The first-order chi connectivity index (χ1) is 27.5. The Hall–Kier alpha value is -5.50. The van der Waals surface area contributed by atoms with Gasteiger partial charge in [0.05, 0.1) is 40.1 Å². The van der Waals surface area contributed by atoms with Gasteiger partial charge in [0.25, 0.3) is 0 Å². The normalized spacial score (nSPS) is 24.3. The van der Waals surface area contributed by atoms with Crippen molar-refractivity contribution in [1.82, 2.24) is 40.0 Å². The van der Waals surface area contributed by atoms with Crippen molar-refractivity contribution in [3.8, 4) is 28.0 Å². The lowest BCUT2D eigenvalue weighted by Gasteiger charge is -2.35. The van der Waals surface area contributed by atoms with Crippen molar-refractivity contribution < 1.29 is 14.3 Å². The zero-order valence-electron chi connectivity index (χ0n) is 30.9. The molecule has 5 aromatic heterocycles. The number of nitrogens with one attached hydrogen (secondary N) is 2. The minimum absolute atomic E-state index is 0.195. The molecule has 4 saturated heterocycles.